The monoisotopic (exact) mass is 386 g/mol. The Hall–Kier alpha value is -2.79. The van der Waals surface area contributed by atoms with Gasteiger partial charge in [0.2, 0.25) is 11.8 Å². The van der Waals surface area contributed by atoms with Crippen LogP contribution in [-0.2, 0) is 9.59 Å². The van der Waals surface area contributed by atoms with Crippen LogP contribution in [0.5, 0.6) is 5.75 Å². The second kappa shape index (κ2) is 9.24. The minimum atomic E-state index is -0.311. The number of ether oxygens (including phenoxy) is 1. The van der Waals surface area contributed by atoms with E-state index in [2.05, 4.69) is 5.32 Å². The molecule has 142 valence electrons. The first kappa shape index (κ1) is 20.5. The fourth-order valence-corrected chi connectivity index (χ4v) is 2.95. The van der Waals surface area contributed by atoms with E-state index in [-0.39, 0.29) is 18.4 Å². The zero-order valence-electron chi connectivity index (χ0n) is 15.9. The quantitative estimate of drug-likeness (QED) is 0.761. The second-order valence-corrected chi connectivity index (χ2v) is 6.70. The van der Waals surface area contributed by atoms with Gasteiger partial charge in [-0.3, -0.25) is 9.59 Å². The predicted octanol–water partition coefficient (Wildman–Crippen LogP) is 4.08. The van der Waals surface area contributed by atoms with E-state index in [0.29, 0.717) is 16.5 Å². The molecule has 0 aromatic heterocycles. The van der Waals surface area contributed by atoms with Crippen LogP contribution in [0.25, 0.3) is 6.08 Å². The number of halogens is 1. The number of hydrogen-bond donors (Lipinski definition) is 1. The van der Waals surface area contributed by atoms with Gasteiger partial charge in [0.05, 0.1) is 24.4 Å². The van der Waals surface area contributed by atoms with Crippen molar-refractivity contribution >= 4 is 35.2 Å². The van der Waals surface area contributed by atoms with Crippen LogP contribution in [-0.4, -0.2) is 37.4 Å². The molecule has 2 rings (SSSR count). The third-order valence-electron chi connectivity index (χ3n) is 3.97. The Morgan fingerprint density at radius 2 is 1.96 bits per heavy atom. The van der Waals surface area contributed by atoms with Crippen LogP contribution in [0, 0.1) is 13.8 Å². The van der Waals surface area contributed by atoms with Crippen LogP contribution < -0.4 is 10.1 Å². The third-order valence-corrected chi connectivity index (χ3v) is 4.26. The highest BCUT2D eigenvalue weighted by Gasteiger charge is 2.13. The number of nitrogens with one attached hydrogen (secondary N) is 1. The van der Waals surface area contributed by atoms with Gasteiger partial charge in [-0.25, -0.2) is 0 Å². The van der Waals surface area contributed by atoms with E-state index < -0.39 is 0 Å². The second-order valence-electron chi connectivity index (χ2n) is 6.29. The highest BCUT2D eigenvalue weighted by Crippen LogP contribution is 2.27. The standard InChI is InChI=1S/C21H23ClN2O3/c1-14-10-15(2)21(18(22)11-14)23-19(25)13-24(3)20(26)9-8-16-6-5-7-17(12-16)27-4/h5-12H,13H2,1-4H3,(H,23,25)/b9-8+. The largest absolute Gasteiger partial charge is 0.497 e. The molecule has 0 atom stereocenters. The van der Waals surface area contributed by atoms with Crippen LogP contribution in [0.3, 0.4) is 0 Å². The minimum Gasteiger partial charge on any atom is -0.497 e. The molecule has 6 heteroatoms. The van der Waals surface area contributed by atoms with Crippen molar-refractivity contribution in [3.05, 3.63) is 64.2 Å². The number of hydrogen-bond acceptors (Lipinski definition) is 3. The van der Waals surface area contributed by atoms with Gasteiger partial charge in [-0.15, -0.1) is 0 Å². The number of rotatable bonds is 6. The van der Waals surface area contributed by atoms with E-state index in [4.69, 9.17) is 16.3 Å². The summed E-state index contributed by atoms with van der Waals surface area (Å²) in [5.41, 5.74) is 3.30. The Bertz CT molecular complexity index is 854. The molecule has 0 bridgehead atoms. The lowest BCUT2D eigenvalue weighted by molar-refractivity contribution is -0.129. The lowest BCUT2D eigenvalue weighted by Gasteiger charge is -2.16. The number of methoxy groups -OCH3 is 1. The molecule has 0 aliphatic rings. The number of anilines is 1. The Morgan fingerprint density at radius 1 is 1.22 bits per heavy atom. The maximum absolute atomic E-state index is 12.3. The molecule has 0 aliphatic heterocycles. The topological polar surface area (TPSA) is 58.6 Å². The molecule has 2 aromatic carbocycles. The molecule has 0 aliphatic carbocycles. The number of nitrogens with zero attached hydrogens (tertiary/aromatic N) is 1. The van der Waals surface area contributed by atoms with Crippen LogP contribution in [0.15, 0.2) is 42.5 Å². The lowest BCUT2D eigenvalue weighted by atomic mass is 10.1. The van der Waals surface area contributed by atoms with Gasteiger partial charge in [-0.1, -0.05) is 29.8 Å². The van der Waals surface area contributed by atoms with Crippen molar-refractivity contribution in [3.8, 4) is 5.75 Å². The molecule has 1 N–H and O–H groups in total. The molecule has 0 saturated heterocycles. The van der Waals surface area contributed by atoms with Gasteiger partial charge in [0.15, 0.2) is 0 Å². The van der Waals surface area contributed by atoms with Crippen molar-refractivity contribution in [3.63, 3.8) is 0 Å². The Labute approximate surface area is 164 Å². The van der Waals surface area contributed by atoms with Gasteiger partial charge in [0.1, 0.15) is 5.75 Å². The summed E-state index contributed by atoms with van der Waals surface area (Å²) in [6, 6.07) is 11.1. The van der Waals surface area contributed by atoms with Gasteiger partial charge in [0, 0.05) is 13.1 Å². The summed E-state index contributed by atoms with van der Waals surface area (Å²) in [6.45, 7) is 3.73. The third kappa shape index (κ3) is 5.86. The van der Waals surface area contributed by atoms with Crippen LogP contribution in [0.2, 0.25) is 5.02 Å². The molecule has 0 heterocycles. The summed E-state index contributed by atoms with van der Waals surface area (Å²) < 4.78 is 5.15. The molecule has 0 spiro atoms. The average Bonchev–Trinajstić information content (AvgIpc) is 2.62. The first-order chi connectivity index (χ1) is 12.8. The summed E-state index contributed by atoms with van der Waals surface area (Å²) in [7, 11) is 3.16. The Balaban J connectivity index is 1.97. The van der Waals surface area contributed by atoms with E-state index >= 15 is 0 Å². The molecule has 0 saturated carbocycles. The smallest absolute Gasteiger partial charge is 0.246 e. The molecular weight excluding hydrogens is 364 g/mol. The number of aryl methyl sites for hydroxylation is 2. The average molecular weight is 387 g/mol. The number of likely N-dealkylation sites (N-methyl/N-ethyl adjacent to an activating group) is 1. The summed E-state index contributed by atoms with van der Waals surface area (Å²) >= 11 is 6.20. The molecule has 2 amide bonds. The number of benzene rings is 2. The first-order valence-corrected chi connectivity index (χ1v) is 8.81. The SMILES string of the molecule is COc1cccc(/C=C/C(=O)N(C)CC(=O)Nc2c(C)cc(C)cc2Cl)c1. The maximum Gasteiger partial charge on any atom is 0.246 e. The van der Waals surface area contributed by atoms with E-state index in [1.807, 2.05) is 44.2 Å². The maximum atomic E-state index is 12.3. The van der Waals surface area contributed by atoms with Crippen molar-refractivity contribution in [2.24, 2.45) is 0 Å². The van der Waals surface area contributed by atoms with Crippen molar-refractivity contribution in [2.75, 3.05) is 26.0 Å². The summed E-state index contributed by atoms with van der Waals surface area (Å²) in [6.07, 6.45) is 3.10. The van der Waals surface area contributed by atoms with Gasteiger partial charge >= 0.3 is 0 Å². The van der Waals surface area contributed by atoms with Gasteiger partial charge in [-0.2, -0.15) is 0 Å². The van der Waals surface area contributed by atoms with Crippen molar-refractivity contribution < 1.29 is 14.3 Å². The normalized spacial score (nSPS) is 10.7. The number of amides is 2. The molecule has 0 fully saturated rings. The molecule has 27 heavy (non-hydrogen) atoms. The summed E-state index contributed by atoms with van der Waals surface area (Å²) in [5.74, 6) is 0.122. The molecular formula is C21H23ClN2O3. The van der Waals surface area contributed by atoms with E-state index in [1.54, 1.807) is 26.3 Å². The highest BCUT2D eigenvalue weighted by atomic mass is 35.5. The number of carbonyl (C=O) groups excluding carboxylic acids is 2. The lowest BCUT2D eigenvalue weighted by Crippen LogP contribution is -2.34. The zero-order valence-corrected chi connectivity index (χ0v) is 16.6. The van der Waals surface area contributed by atoms with Crippen LogP contribution in [0.1, 0.15) is 16.7 Å². The van der Waals surface area contributed by atoms with E-state index in [9.17, 15) is 9.59 Å². The van der Waals surface area contributed by atoms with Crippen LogP contribution in [0.4, 0.5) is 5.69 Å². The highest BCUT2D eigenvalue weighted by molar-refractivity contribution is 6.34. The Morgan fingerprint density at radius 3 is 2.63 bits per heavy atom. The summed E-state index contributed by atoms with van der Waals surface area (Å²) in [5, 5.41) is 3.25. The fourth-order valence-electron chi connectivity index (χ4n) is 2.59. The van der Waals surface area contributed by atoms with Gasteiger partial charge in [-0.05, 0) is 54.8 Å². The Kier molecular flexibility index (Phi) is 7.02. The predicted molar refractivity (Wildman–Crippen MR) is 109 cm³/mol. The van der Waals surface area contributed by atoms with E-state index in [0.717, 1.165) is 16.7 Å². The molecule has 0 unspecified atom stereocenters. The van der Waals surface area contributed by atoms with E-state index in [1.165, 1.54) is 11.0 Å². The van der Waals surface area contributed by atoms with Crippen molar-refractivity contribution in [1.82, 2.24) is 4.90 Å². The van der Waals surface area contributed by atoms with Crippen LogP contribution >= 0.6 is 11.6 Å². The minimum absolute atomic E-state index is 0.0784. The first-order valence-electron chi connectivity index (χ1n) is 8.44. The fraction of sp³-hybridized carbons (Fsp3) is 0.238. The molecule has 2 aromatic rings. The van der Waals surface area contributed by atoms with Gasteiger partial charge < -0.3 is 15.0 Å². The molecule has 5 nitrogen and oxygen atoms in total. The summed E-state index contributed by atoms with van der Waals surface area (Å²) in [4.78, 5) is 25.8. The molecule has 0 radical (unpaired) electrons. The van der Waals surface area contributed by atoms with Gasteiger partial charge in [0.25, 0.3) is 0 Å². The van der Waals surface area contributed by atoms with Crippen molar-refractivity contribution in [1.29, 1.82) is 0 Å². The number of carbonyl (C=O) groups is 2. The zero-order chi connectivity index (χ0) is 20.0. The van der Waals surface area contributed by atoms with Crippen molar-refractivity contribution in [2.45, 2.75) is 13.8 Å².